The molecule has 1 aliphatic carbocycles. The molecule has 5 rings (SSSR count). The zero-order valence-corrected chi connectivity index (χ0v) is 24.5. The first-order chi connectivity index (χ1) is 19.3. The lowest BCUT2D eigenvalue weighted by molar-refractivity contribution is 0.0332. The Labute approximate surface area is 240 Å². The van der Waals surface area contributed by atoms with Crippen molar-refractivity contribution in [2.24, 2.45) is 11.8 Å². The van der Waals surface area contributed by atoms with Crippen LogP contribution in [0.4, 0.5) is 5.69 Å². The van der Waals surface area contributed by atoms with Gasteiger partial charge < -0.3 is 25.0 Å². The van der Waals surface area contributed by atoms with Crippen molar-refractivity contribution >= 4 is 39.1 Å². The number of carbonyl (C=O) groups excluding carboxylic acids is 2. The van der Waals surface area contributed by atoms with Crippen molar-refractivity contribution in [1.82, 2.24) is 14.8 Å². The first-order valence-corrected chi connectivity index (χ1v) is 15.2. The molecule has 1 aromatic heterocycles. The van der Waals surface area contributed by atoms with Crippen LogP contribution in [0, 0.1) is 11.8 Å². The maximum absolute atomic E-state index is 13.8. The Balaban J connectivity index is 1.44. The smallest absolute Gasteiger partial charge is 0.284 e. The van der Waals surface area contributed by atoms with Crippen LogP contribution in [0.3, 0.4) is 0 Å². The van der Waals surface area contributed by atoms with E-state index in [-0.39, 0.29) is 36.5 Å². The number of likely N-dealkylation sites (N-methyl/N-ethyl adjacent to an activating group) is 1. The zero-order valence-electron chi connectivity index (χ0n) is 23.6. The number of anilines is 1. The number of fused-ring (bicyclic) bond motifs is 2. The lowest BCUT2D eigenvalue weighted by Gasteiger charge is -2.39. The van der Waals surface area contributed by atoms with Gasteiger partial charge in [0.1, 0.15) is 6.10 Å². The van der Waals surface area contributed by atoms with Crippen molar-refractivity contribution in [3.8, 4) is 5.75 Å². The number of aromatic nitrogens is 1. The van der Waals surface area contributed by atoms with Crippen LogP contribution < -0.4 is 10.1 Å². The molecule has 1 aliphatic heterocycles. The third-order valence-corrected chi connectivity index (χ3v) is 9.25. The first kappa shape index (κ1) is 28.5. The minimum Gasteiger partial charge on any atom is -0.486 e. The molecule has 9 heteroatoms. The van der Waals surface area contributed by atoms with Gasteiger partial charge in [0.25, 0.3) is 11.8 Å². The van der Waals surface area contributed by atoms with Crippen molar-refractivity contribution in [3.63, 3.8) is 0 Å². The van der Waals surface area contributed by atoms with E-state index in [0.29, 0.717) is 41.0 Å². The van der Waals surface area contributed by atoms with Crippen LogP contribution in [0.1, 0.15) is 66.1 Å². The van der Waals surface area contributed by atoms with Gasteiger partial charge in [0, 0.05) is 25.6 Å². The minimum absolute atomic E-state index is 0.00734. The molecule has 1 fully saturated rings. The van der Waals surface area contributed by atoms with E-state index < -0.39 is 0 Å². The summed E-state index contributed by atoms with van der Waals surface area (Å²) in [6, 6.07) is 12.6. The zero-order chi connectivity index (χ0) is 28.2. The van der Waals surface area contributed by atoms with Crippen molar-refractivity contribution < 1.29 is 19.4 Å². The van der Waals surface area contributed by atoms with Crippen LogP contribution in [0.25, 0.3) is 10.2 Å². The maximum Gasteiger partial charge on any atom is 0.284 e. The van der Waals surface area contributed by atoms with Crippen LogP contribution in [-0.4, -0.2) is 77.1 Å². The Morgan fingerprint density at radius 2 is 1.95 bits per heavy atom. The molecule has 0 saturated heterocycles. The van der Waals surface area contributed by atoms with Crippen molar-refractivity contribution in [3.05, 3.63) is 53.0 Å². The molecule has 1 saturated carbocycles. The van der Waals surface area contributed by atoms with Crippen LogP contribution in [0.15, 0.2) is 42.5 Å². The number of aliphatic hydroxyl groups excluding tert-OH is 1. The molecule has 0 bridgehead atoms. The van der Waals surface area contributed by atoms with E-state index in [4.69, 9.17) is 4.74 Å². The summed E-state index contributed by atoms with van der Waals surface area (Å²) >= 11 is 1.33. The summed E-state index contributed by atoms with van der Waals surface area (Å²) in [4.78, 5) is 35.6. The molecule has 0 radical (unpaired) electrons. The SMILES string of the molecule is C[C@H](CO)N1C[C@H](C)[C@@H](CN(C)CC2CCCCC2)Oc2c(NC(=O)c3nc4ccccc4s3)cccc2C1=O. The second-order valence-corrected chi connectivity index (χ2v) is 12.5. The third-order valence-electron chi connectivity index (χ3n) is 8.21. The molecule has 214 valence electrons. The highest BCUT2D eigenvalue weighted by Crippen LogP contribution is 2.36. The molecule has 8 nitrogen and oxygen atoms in total. The molecule has 40 heavy (non-hydrogen) atoms. The summed E-state index contributed by atoms with van der Waals surface area (Å²) in [5, 5.41) is 13.3. The van der Waals surface area contributed by atoms with E-state index in [9.17, 15) is 14.7 Å². The van der Waals surface area contributed by atoms with E-state index in [1.807, 2.05) is 31.2 Å². The third kappa shape index (κ3) is 6.32. The number of carbonyl (C=O) groups is 2. The van der Waals surface area contributed by atoms with E-state index in [2.05, 4.69) is 29.2 Å². The Morgan fingerprint density at radius 1 is 1.18 bits per heavy atom. The number of nitrogens with one attached hydrogen (secondary N) is 1. The highest BCUT2D eigenvalue weighted by atomic mass is 32.1. The number of para-hydroxylation sites is 2. The number of nitrogens with zero attached hydrogens (tertiary/aromatic N) is 3. The number of hydrogen-bond donors (Lipinski definition) is 2. The van der Waals surface area contributed by atoms with Crippen LogP contribution >= 0.6 is 11.3 Å². The van der Waals surface area contributed by atoms with Gasteiger partial charge in [0.2, 0.25) is 0 Å². The van der Waals surface area contributed by atoms with Crippen molar-refractivity contribution in [2.45, 2.75) is 58.1 Å². The summed E-state index contributed by atoms with van der Waals surface area (Å²) in [7, 11) is 2.14. The lowest BCUT2D eigenvalue weighted by Crippen LogP contribution is -2.50. The van der Waals surface area contributed by atoms with E-state index in [1.165, 1.54) is 43.4 Å². The van der Waals surface area contributed by atoms with E-state index in [1.54, 1.807) is 23.1 Å². The number of thiazole rings is 1. The summed E-state index contributed by atoms with van der Waals surface area (Å²) in [5.74, 6) is 0.527. The molecule has 2 amide bonds. The van der Waals surface area contributed by atoms with Crippen LogP contribution in [0.5, 0.6) is 5.75 Å². The number of aliphatic hydroxyl groups is 1. The number of ether oxygens (including phenoxy) is 1. The number of hydrogen-bond acceptors (Lipinski definition) is 7. The molecular weight excluding hydrogens is 524 g/mol. The highest BCUT2D eigenvalue weighted by Gasteiger charge is 2.35. The number of amides is 2. The van der Waals surface area contributed by atoms with Gasteiger partial charge in [0.15, 0.2) is 10.8 Å². The normalized spacial score (nSPS) is 21.0. The van der Waals surface area contributed by atoms with Gasteiger partial charge in [-0.2, -0.15) is 0 Å². The van der Waals surface area contributed by atoms with Crippen LogP contribution in [0.2, 0.25) is 0 Å². The molecule has 3 aromatic rings. The largest absolute Gasteiger partial charge is 0.486 e. The Bertz CT molecular complexity index is 1300. The Kier molecular flexibility index (Phi) is 9.03. The first-order valence-electron chi connectivity index (χ1n) is 14.4. The Morgan fingerprint density at radius 3 is 2.70 bits per heavy atom. The predicted octanol–water partition coefficient (Wildman–Crippen LogP) is 5.28. The molecular formula is C31H40N4O4S. The number of rotatable bonds is 8. The van der Waals surface area contributed by atoms with E-state index in [0.717, 1.165) is 16.8 Å². The number of benzene rings is 2. The monoisotopic (exact) mass is 564 g/mol. The fourth-order valence-electron chi connectivity index (χ4n) is 5.90. The van der Waals surface area contributed by atoms with Gasteiger partial charge in [-0.05, 0) is 57.0 Å². The van der Waals surface area contributed by atoms with Crippen LogP contribution in [-0.2, 0) is 0 Å². The second kappa shape index (κ2) is 12.7. The minimum atomic E-state index is -0.345. The second-order valence-electron chi connectivity index (χ2n) is 11.5. The Hall–Kier alpha value is -3.01. The van der Waals surface area contributed by atoms with Crippen molar-refractivity contribution in [1.29, 1.82) is 0 Å². The highest BCUT2D eigenvalue weighted by molar-refractivity contribution is 7.20. The van der Waals surface area contributed by atoms with Gasteiger partial charge >= 0.3 is 0 Å². The van der Waals surface area contributed by atoms with Crippen molar-refractivity contribution in [2.75, 3.05) is 38.6 Å². The van der Waals surface area contributed by atoms with Gasteiger partial charge in [-0.1, -0.05) is 44.4 Å². The molecule has 3 atom stereocenters. The molecule has 2 aromatic carbocycles. The topological polar surface area (TPSA) is 95.0 Å². The fraction of sp³-hybridized carbons (Fsp3) is 0.516. The van der Waals surface area contributed by atoms with Gasteiger partial charge in [-0.3, -0.25) is 9.59 Å². The molecule has 2 aliphatic rings. The average Bonchev–Trinajstić information content (AvgIpc) is 3.40. The summed E-state index contributed by atoms with van der Waals surface area (Å²) in [6.07, 6.45) is 6.26. The molecule has 0 spiro atoms. The summed E-state index contributed by atoms with van der Waals surface area (Å²) in [6.45, 7) is 6.02. The van der Waals surface area contributed by atoms with Gasteiger partial charge in [-0.25, -0.2) is 4.98 Å². The molecule has 2 heterocycles. The van der Waals surface area contributed by atoms with Gasteiger partial charge in [0.05, 0.1) is 34.1 Å². The lowest BCUT2D eigenvalue weighted by atomic mass is 9.89. The standard InChI is InChI=1S/C31H40N4O4S/c1-20-16-35(21(2)19-36)31(38)23-12-9-14-25(32-29(37)30-33-24-13-7-8-15-27(24)40-30)28(23)39-26(20)18-34(3)17-22-10-5-4-6-11-22/h7-9,12-15,20-22,26,36H,4-6,10-11,16-19H2,1-3H3,(H,32,37)/t20-,21+,26+/m0/s1. The molecule has 2 N–H and O–H groups in total. The maximum atomic E-state index is 13.8. The summed E-state index contributed by atoms with van der Waals surface area (Å²) in [5.41, 5.74) is 1.60. The van der Waals surface area contributed by atoms with Gasteiger partial charge in [-0.15, -0.1) is 11.3 Å². The fourth-order valence-corrected chi connectivity index (χ4v) is 6.76. The summed E-state index contributed by atoms with van der Waals surface area (Å²) < 4.78 is 7.62. The quantitative estimate of drug-likeness (QED) is 0.387. The predicted molar refractivity (Wildman–Crippen MR) is 159 cm³/mol. The van der Waals surface area contributed by atoms with E-state index >= 15 is 0 Å². The average molecular weight is 565 g/mol. The molecule has 0 unspecified atom stereocenters.